The van der Waals surface area contributed by atoms with Crippen LogP contribution in [-0.2, 0) is 4.79 Å². The summed E-state index contributed by atoms with van der Waals surface area (Å²) in [6, 6.07) is 0. The molecule has 0 aromatic rings. The molecule has 2 nitrogen and oxygen atoms in total. The molecule has 2 heteroatoms. The summed E-state index contributed by atoms with van der Waals surface area (Å²) in [5.74, 6) is -0.925. The average Bonchev–Trinajstić information content (AvgIpc) is 2.56. The van der Waals surface area contributed by atoms with Gasteiger partial charge in [0, 0.05) is 6.08 Å². The molecule has 1 N–H and O–H groups in total. The van der Waals surface area contributed by atoms with Crippen molar-refractivity contribution >= 4 is 5.97 Å². The number of unbranched alkanes of at least 4 members (excludes halogenated alkanes) is 6. The van der Waals surface area contributed by atoms with Crippen molar-refractivity contribution in [3.8, 4) is 0 Å². The zero-order valence-electron chi connectivity index (χ0n) is 14.9. The highest BCUT2D eigenvalue weighted by molar-refractivity contribution is 5.80. The second-order valence-corrected chi connectivity index (χ2v) is 5.54. The molecule has 0 aliphatic heterocycles. The van der Waals surface area contributed by atoms with Gasteiger partial charge in [0.15, 0.2) is 0 Å². The SMILES string of the molecule is CCCCCCCCC=CC=CC=CC=CCC=CC=CC(=O)O. The largest absolute Gasteiger partial charge is 0.478 e. The average molecular weight is 328 g/mol. The zero-order chi connectivity index (χ0) is 17.7. The molecule has 0 spiro atoms. The molecule has 0 aliphatic carbocycles. The molecule has 0 amide bonds. The van der Waals surface area contributed by atoms with Gasteiger partial charge >= 0.3 is 5.97 Å². The lowest BCUT2D eigenvalue weighted by atomic mass is 10.1. The van der Waals surface area contributed by atoms with Gasteiger partial charge in [-0.3, -0.25) is 0 Å². The third-order valence-corrected chi connectivity index (χ3v) is 3.31. The number of aliphatic carboxylic acids is 1. The summed E-state index contributed by atoms with van der Waals surface area (Å²) in [5, 5.41) is 8.40. The molecule has 0 saturated heterocycles. The van der Waals surface area contributed by atoms with E-state index in [-0.39, 0.29) is 0 Å². The minimum atomic E-state index is -0.925. The van der Waals surface area contributed by atoms with E-state index in [9.17, 15) is 4.79 Å². The molecule has 24 heavy (non-hydrogen) atoms. The van der Waals surface area contributed by atoms with E-state index < -0.39 is 5.97 Å². The highest BCUT2D eigenvalue weighted by Gasteiger charge is 1.87. The minimum absolute atomic E-state index is 0.788. The van der Waals surface area contributed by atoms with Crippen molar-refractivity contribution in [1.82, 2.24) is 0 Å². The highest BCUT2D eigenvalue weighted by atomic mass is 16.4. The van der Waals surface area contributed by atoms with Crippen LogP contribution in [0.15, 0.2) is 72.9 Å². The third-order valence-electron chi connectivity index (χ3n) is 3.31. The van der Waals surface area contributed by atoms with Gasteiger partial charge in [-0.1, -0.05) is 106 Å². The predicted octanol–water partition coefficient (Wildman–Crippen LogP) is 6.55. The van der Waals surface area contributed by atoms with Crippen molar-refractivity contribution in [1.29, 1.82) is 0 Å². The summed E-state index contributed by atoms with van der Waals surface area (Å²) in [6.07, 6.45) is 32.7. The van der Waals surface area contributed by atoms with E-state index in [1.54, 1.807) is 6.08 Å². The summed E-state index contributed by atoms with van der Waals surface area (Å²) in [4.78, 5) is 10.2. The van der Waals surface area contributed by atoms with Gasteiger partial charge in [0.25, 0.3) is 0 Å². The quantitative estimate of drug-likeness (QED) is 0.223. The molecule has 0 saturated carbocycles. The number of allylic oxidation sites excluding steroid dienone is 11. The van der Waals surface area contributed by atoms with Crippen LogP contribution in [0.3, 0.4) is 0 Å². The number of hydrogen-bond acceptors (Lipinski definition) is 1. The number of carboxylic acids is 1. The molecule has 0 atom stereocenters. The first kappa shape index (κ1) is 21.9. The third kappa shape index (κ3) is 19.9. The van der Waals surface area contributed by atoms with Crippen molar-refractivity contribution in [2.24, 2.45) is 0 Å². The van der Waals surface area contributed by atoms with Crippen LogP contribution in [0.1, 0.15) is 58.3 Å². The van der Waals surface area contributed by atoms with Crippen molar-refractivity contribution in [3.63, 3.8) is 0 Å². The summed E-state index contributed by atoms with van der Waals surface area (Å²) in [5.41, 5.74) is 0. The van der Waals surface area contributed by atoms with Gasteiger partial charge in [0.1, 0.15) is 0 Å². The number of carbonyl (C=O) groups is 1. The molecular weight excluding hydrogens is 296 g/mol. The van der Waals surface area contributed by atoms with Crippen LogP contribution in [0.4, 0.5) is 0 Å². The lowest BCUT2D eigenvalue weighted by Gasteiger charge is -1.97. The molecule has 0 aliphatic rings. The Bertz CT molecular complexity index is 462. The molecule has 0 aromatic heterocycles. The molecule has 132 valence electrons. The lowest BCUT2D eigenvalue weighted by Crippen LogP contribution is -1.84. The number of hydrogen-bond donors (Lipinski definition) is 1. The van der Waals surface area contributed by atoms with Crippen LogP contribution in [-0.4, -0.2) is 11.1 Å². The summed E-state index contributed by atoms with van der Waals surface area (Å²) >= 11 is 0. The first-order valence-electron chi connectivity index (χ1n) is 8.98. The molecular formula is C22H32O2. The van der Waals surface area contributed by atoms with E-state index in [1.807, 2.05) is 36.5 Å². The Labute approximate surface area is 147 Å². The number of carboxylic acid groups (broad SMARTS) is 1. The molecule has 0 aromatic carbocycles. The lowest BCUT2D eigenvalue weighted by molar-refractivity contribution is -0.131. The molecule has 0 radical (unpaired) electrons. The highest BCUT2D eigenvalue weighted by Crippen LogP contribution is 2.07. The maximum absolute atomic E-state index is 10.2. The second-order valence-electron chi connectivity index (χ2n) is 5.54. The Hall–Kier alpha value is -2.09. The van der Waals surface area contributed by atoms with E-state index in [1.165, 1.54) is 51.0 Å². The van der Waals surface area contributed by atoms with Gasteiger partial charge in [-0.05, 0) is 19.3 Å². The smallest absolute Gasteiger partial charge is 0.328 e. The van der Waals surface area contributed by atoms with Gasteiger partial charge in [0.05, 0.1) is 0 Å². The molecule has 0 bridgehead atoms. The predicted molar refractivity (Wildman–Crippen MR) is 105 cm³/mol. The van der Waals surface area contributed by atoms with E-state index >= 15 is 0 Å². The van der Waals surface area contributed by atoms with Crippen LogP contribution in [0.2, 0.25) is 0 Å². The van der Waals surface area contributed by atoms with Gasteiger partial charge < -0.3 is 5.11 Å². The van der Waals surface area contributed by atoms with Crippen LogP contribution < -0.4 is 0 Å². The maximum atomic E-state index is 10.2. The standard InChI is InChI=1S/C22H32O2/c1-2-3-4-5-6-7-8-9-10-11-12-13-14-15-16-17-18-19-20-21-22(23)24/h9-16,18-21H,2-8,17H2,1H3,(H,23,24). The number of rotatable bonds is 14. The Kier molecular flexibility index (Phi) is 17.3. The monoisotopic (exact) mass is 328 g/mol. The van der Waals surface area contributed by atoms with E-state index in [0.717, 1.165) is 12.5 Å². The van der Waals surface area contributed by atoms with Gasteiger partial charge in [0.2, 0.25) is 0 Å². The Morgan fingerprint density at radius 2 is 1.25 bits per heavy atom. The van der Waals surface area contributed by atoms with Crippen molar-refractivity contribution in [2.45, 2.75) is 58.3 Å². The first-order valence-corrected chi connectivity index (χ1v) is 8.98. The summed E-state index contributed by atoms with van der Waals surface area (Å²) in [7, 11) is 0. The molecule has 0 rings (SSSR count). The zero-order valence-corrected chi connectivity index (χ0v) is 14.9. The topological polar surface area (TPSA) is 37.3 Å². The second kappa shape index (κ2) is 19.0. The minimum Gasteiger partial charge on any atom is -0.478 e. The maximum Gasteiger partial charge on any atom is 0.328 e. The Morgan fingerprint density at radius 3 is 1.92 bits per heavy atom. The van der Waals surface area contributed by atoms with Crippen LogP contribution in [0.5, 0.6) is 0 Å². The van der Waals surface area contributed by atoms with Gasteiger partial charge in [-0.15, -0.1) is 0 Å². The van der Waals surface area contributed by atoms with Crippen LogP contribution >= 0.6 is 0 Å². The van der Waals surface area contributed by atoms with Crippen LogP contribution in [0.25, 0.3) is 0 Å². The Morgan fingerprint density at radius 1 is 0.708 bits per heavy atom. The molecule has 0 heterocycles. The fraction of sp³-hybridized carbons (Fsp3) is 0.409. The normalized spacial score (nSPS) is 13.0. The summed E-state index contributed by atoms with van der Waals surface area (Å²) < 4.78 is 0. The molecule has 0 unspecified atom stereocenters. The first-order chi connectivity index (χ1) is 11.8. The van der Waals surface area contributed by atoms with Gasteiger partial charge in [-0.2, -0.15) is 0 Å². The van der Waals surface area contributed by atoms with Crippen molar-refractivity contribution < 1.29 is 9.90 Å². The molecule has 0 fully saturated rings. The van der Waals surface area contributed by atoms with Crippen molar-refractivity contribution in [3.05, 3.63) is 72.9 Å². The van der Waals surface area contributed by atoms with E-state index in [0.29, 0.717) is 0 Å². The van der Waals surface area contributed by atoms with E-state index in [2.05, 4.69) is 25.2 Å². The Balaban J connectivity index is 3.58. The van der Waals surface area contributed by atoms with Crippen LogP contribution in [0, 0.1) is 0 Å². The fourth-order valence-electron chi connectivity index (χ4n) is 2.00. The summed E-state index contributed by atoms with van der Waals surface area (Å²) in [6.45, 7) is 2.25. The van der Waals surface area contributed by atoms with Crippen molar-refractivity contribution in [2.75, 3.05) is 0 Å². The van der Waals surface area contributed by atoms with Gasteiger partial charge in [-0.25, -0.2) is 4.79 Å². The van der Waals surface area contributed by atoms with E-state index in [4.69, 9.17) is 5.11 Å². The fourth-order valence-corrected chi connectivity index (χ4v) is 2.00.